The molecule has 0 aliphatic heterocycles. The van der Waals surface area contributed by atoms with Gasteiger partial charge in [-0.2, -0.15) is 0 Å². The van der Waals surface area contributed by atoms with Gasteiger partial charge in [0.15, 0.2) is 0 Å². The van der Waals surface area contributed by atoms with Gasteiger partial charge in [0.2, 0.25) is 0 Å². The number of ether oxygens (including phenoxy) is 1. The lowest BCUT2D eigenvalue weighted by Crippen LogP contribution is -2.11. The number of hydrogen-bond acceptors (Lipinski definition) is 2. The molecule has 2 aromatic carbocycles. The van der Waals surface area contributed by atoms with Crippen LogP contribution in [0.1, 0.15) is 31.4 Å². The first-order chi connectivity index (χ1) is 9.76. The highest BCUT2D eigenvalue weighted by Crippen LogP contribution is 2.29. The Morgan fingerprint density at radius 1 is 0.950 bits per heavy atom. The number of hydrogen-bond donors (Lipinski definition) is 1. The second kappa shape index (κ2) is 5.68. The SMILES string of the molecule is CNC(C)c1ccc(-c2ccc(OC3CC3)cc2)cc1. The molecule has 1 fully saturated rings. The molecule has 20 heavy (non-hydrogen) atoms. The molecule has 2 aromatic rings. The molecule has 0 amide bonds. The average Bonchev–Trinajstić information content (AvgIpc) is 3.31. The van der Waals surface area contributed by atoms with Crippen LogP contribution in [-0.2, 0) is 0 Å². The van der Waals surface area contributed by atoms with Gasteiger partial charge in [0.05, 0.1) is 6.10 Å². The van der Waals surface area contributed by atoms with Crippen molar-refractivity contribution in [2.24, 2.45) is 0 Å². The van der Waals surface area contributed by atoms with E-state index < -0.39 is 0 Å². The lowest BCUT2D eigenvalue weighted by Gasteiger charge is -2.11. The minimum atomic E-state index is 0.387. The molecule has 0 radical (unpaired) electrons. The van der Waals surface area contributed by atoms with Crippen molar-refractivity contribution < 1.29 is 4.74 Å². The maximum Gasteiger partial charge on any atom is 0.119 e. The third-order valence-corrected chi connectivity index (χ3v) is 3.86. The number of nitrogens with one attached hydrogen (secondary N) is 1. The average molecular weight is 267 g/mol. The van der Waals surface area contributed by atoms with Crippen molar-refractivity contribution in [3.05, 3.63) is 54.1 Å². The Morgan fingerprint density at radius 2 is 1.50 bits per heavy atom. The van der Waals surface area contributed by atoms with Crippen molar-refractivity contribution in [2.75, 3.05) is 7.05 Å². The predicted octanol–water partition coefficient (Wildman–Crippen LogP) is 4.18. The first kappa shape index (κ1) is 13.2. The topological polar surface area (TPSA) is 21.3 Å². The summed E-state index contributed by atoms with van der Waals surface area (Å²) in [5.74, 6) is 0.983. The normalized spacial score (nSPS) is 15.9. The quantitative estimate of drug-likeness (QED) is 0.877. The van der Waals surface area contributed by atoms with Crippen LogP contribution in [0.3, 0.4) is 0 Å². The summed E-state index contributed by atoms with van der Waals surface area (Å²) in [5, 5.41) is 3.26. The van der Waals surface area contributed by atoms with Crippen LogP contribution in [0.4, 0.5) is 0 Å². The highest BCUT2D eigenvalue weighted by Gasteiger charge is 2.23. The molecule has 2 nitrogen and oxygen atoms in total. The number of benzene rings is 2. The highest BCUT2D eigenvalue weighted by atomic mass is 16.5. The summed E-state index contributed by atoms with van der Waals surface area (Å²) < 4.78 is 5.77. The fourth-order valence-corrected chi connectivity index (χ4v) is 2.24. The van der Waals surface area contributed by atoms with Crippen LogP contribution in [0.25, 0.3) is 11.1 Å². The minimum Gasteiger partial charge on any atom is -0.490 e. The van der Waals surface area contributed by atoms with Gasteiger partial charge in [-0.05, 0) is 55.6 Å². The van der Waals surface area contributed by atoms with E-state index in [0.29, 0.717) is 12.1 Å². The molecular formula is C18H21NO. The van der Waals surface area contributed by atoms with Crippen LogP contribution in [0, 0.1) is 0 Å². The van der Waals surface area contributed by atoms with E-state index in [2.05, 4.69) is 60.8 Å². The van der Waals surface area contributed by atoms with Crippen molar-refractivity contribution in [3.8, 4) is 16.9 Å². The van der Waals surface area contributed by atoms with Gasteiger partial charge < -0.3 is 10.1 Å². The van der Waals surface area contributed by atoms with Crippen LogP contribution >= 0.6 is 0 Å². The van der Waals surface area contributed by atoms with Gasteiger partial charge in [0, 0.05) is 6.04 Å². The monoisotopic (exact) mass is 267 g/mol. The fraction of sp³-hybridized carbons (Fsp3) is 0.333. The van der Waals surface area contributed by atoms with E-state index in [1.807, 2.05) is 7.05 Å². The zero-order chi connectivity index (χ0) is 13.9. The molecule has 1 atom stereocenters. The van der Waals surface area contributed by atoms with E-state index in [0.717, 1.165) is 5.75 Å². The smallest absolute Gasteiger partial charge is 0.119 e. The molecule has 0 heterocycles. The summed E-state index contributed by atoms with van der Waals surface area (Å²) in [5.41, 5.74) is 3.79. The van der Waals surface area contributed by atoms with Crippen LogP contribution in [-0.4, -0.2) is 13.2 Å². The minimum absolute atomic E-state index is 0.387. The molecule has 0 spiro atoms. The Balaban J connectivity index is 1.74. The molecule has 0 bridgehead atoms. The summed E-state index contributed by atoms with van der Waals surface area (Å²) in [7, 11) is 1.98. The van der Waals surface area contributed by atoms with Crippen LogP contribution in [0.5, 0.6) is 5.75 Å². The van der Waals surface area contributed by atoms with Crippen LogP contribution in [0.2, 0.25) is 0 Å². The Hall–Kier alpha value is -1.80. The lowest BCUT2D eigenvalue weighted by atomic mass is 10.0. The van der Waals surface area contributed by atoms with Gasteiger partial charge in [-0.3, -0.25) is 0 Å². The molecular weight excluding hydrogens is 246 g/mol. The van der Waals surface area contributed by atoms with Crippen molar-refractivity contribution in [2.45, 2.75) is 31.9 Å². The molecule has 0 aromatic heterocycles. The summed E-state index contributed by atoms with van der Waals surface area (Å²) in [4.78, 5) is 0. The van der Waals surface area contributed by atoms with E-state index >= 15 is 0 Å². The third-order valence-electron chi connectivity index (χ3n) is 3.86. The van der Waals surface area contributed by atoms with E-state index in [4.69, 9.17) is 4.74 Å². The van der Waals surface area contributed by atoms with Gasteiger partial charge in [0.25, 0.3) is 0 Å². The maximum atomic E-state index is 5.77. The molecule has 3 rings (SSSR count). The van der Waals surface area contributed by atoms with Crippen molar-refractivity contribution >= 4 is 0 Å². The molecule has 1 aliphatic rings. The molecule has 1 unspecified atom stereocenters. The van der Waals surface area contributed by atoms with Crippen LogP contribution in [0.15, 0.2) is 48.5 Å². The zero-order valence-electron chi connectivity index (χ0n) is 12.1. The van der Waals surface area contributed by atoms with E-state index in [9.17, 15) is 0 Å². The molecule has 2 heteroatoms. The second-order valence-electron chi connectivity index (χ2n) is 5.47. The van der Waals surface area contributed by atoms with Gasteiger partial charge >= 0.3 is 0 Å². The Morgan fingerprint density at radius 3 is 2.00 bits per heavy atom. The van der Waals surface area contributed by atoms with Gasteiger partial charge in [-0.1, -0.05) is 36.4 Å². The first-order valence-corrected chi connectivity index (χ1v) is 7.30. The highest BCUT2D eigenvalue weighted by molar-refractivity contribution is 5.64. The Labute approximate surface area is 120 Å². The van der Waals surface area contributed by atoms with E-state index in [1.54, 1.807) is 0 Å². The molecule has 1 N–H and O–H groups in total. The molecule has 1 aliphatic carbocycles. The van der Waals surface area contributed by atoms with Gasteiger partial charge in [0.1, 0.15) is 5.75 Å². The predicted molar refractivity (Wildman–Crippen MR) is 83.0 cm³/mol. The molecule has 0 saturated heterocycles. The number of rotatable bonds is 5. The van der Waals surface area contributed by atoms with Crippen molar-refractivity contribution in [3.63, 3.8) is 0 Å². The van der Waals surface area contributed by atoms with Crippen LogP contribution < -0.4 is 10.1 Å². The Kier molecular flexibility index (Phi) is 3.75. The zero-order valence-corrected chi connectivity index (χ0v) is 12.1. The van der Waals surface area contributed by atoms with Crippen molar-refractivity contribution in [1.82, 2.24) is 5.32 Å². The van der Waals surface area contributed by atoms with Gasteiger partial charge in [-0.25, -0.2) is 0 Å². The van der Waals surface area contributed by atoms with E-state index in [-0.39, 0.29) is 0 Å². The summed E-state index contributed by atoms with van der Waals surface area (Å²) in [6, 6.07) is 17.5. The fourth-order valence-electron chi connectivity index (χ4n) is 2.24. The second-order valence-corrected chi connectivity index (χ2v) is 5.47. The van der Waals surface area contributed by atoms with E-state index in [1.165, 1.54) is 29.5 Å². The lowest BCUT2D eigenvalue weighted by molar-refractivity contribution is 0.303. The standard InChI is InChI=1S/C18H21NO/c1-13(19-2)14-3-5-15(6-4-14)16-7-9-17(10-8-16)20-18-11-12-18/h3-10,13,18-19H,11-12H2,1-2H3. The first-order valence-electron chi connectivity index (χ1n) is 7.30. The molecule has 1 saturated carbocycles. The summed E-state index contributed by atoms with van der Waals surface area (Å²) in [6.07, 6.45) is 2.86. The largest absolute Gasteiger partial charge is 0.490 e. The maximum absolute atomic E-state index is 5.77. The molecule has 104 valence electrons. The Bertz CT molecular complexity index is 555. The van der Waals surface area contributed by atoms with Gasteiger partial charge in [-0.15, -0.1) is 0 Å². The summed E-state index contributed by atoms with van der Waals surface area (Å²) in [6.45, 7) is 2.17. The van der Waals surface area contributed by atoms with Crippen molar-refractivity contribution in [1.29, 1.82) is 0 Å². The third kappa shape index (κ3) is 3.02. The summed E-state index contributed by atoms with van der Waals surface area (Å²) >= 11 is 0.